The Morgan fingerprint density at radius 1 is 1.10 bits per heavy atom. The van der Waals surface area contributed by atoms with E-state index in [4.69, 9.17) is 5.11 Å². The third kappa shape index (κ3) is 5.13. The molecule has 10 heteroatoms. The van der Waals surface area contributed by atoms with Crippen molar-refractivity contribution in [3.63, 3.8) is 0 Å². The Morgan fingerprint density at radius 3 is 2.35 bits per heavy atom. The molecule has 0 aliphatic carbocycles. The molecule has 2 aromatic carbocycles. The van der Waals surface area contributed by atoms with E-state index in [0.29, 0.717) is 25.3 Å². The van der Waals surface area contributed by atoms with E-state index in [0.717, 1.165) is 15.2 Å². The molecule has 7 nitrogen and oxygen atoms in total. The number of hydrogen-bond donors (Lipinski definition) is 3. The third-order valence-electron chi connectivity index (χ3n) is 5.19. The van der Waals surface area contributed by atoms with Crippen molar-refractivity contribution in [2.24, 2.45) is 0 Å². The highest BCUT2D eigenvalue weighted by Crippen LogP contribution is 2.31. The molecule has 0 atom stereocenters. The Morgan fingerprint density at radius 2 is 1.77 bits per heavy atom. The van der Waals surface area contributed by atoms with Crippen LogP contribution in [0.25, 0.3) is 0 Å². The van der Waals surface area contributed by atoms with Gasteiger partial charge in [0.1, 0.15) is 0 Å². The predicted molar refractivity (Wildman–Crippen MR) is 120 cm³/mol. The molecule has 0 bridgehead atoms. The number of anilines is 2. The lowest BCUT2D eigenvalue weighted by atomic mass is 10.0. The summed E-state index contributed by atoms with van der Waals surface area (Å²) >= 11 is 2.11. The molecule has 1 aliphatic rings. The van der Waals surface area contributed by atoms with Gasteiger partial charge < -0.3 is 20.4 Å². The fourth-order valence-electron chi connectivity index (χ4n) is 3.46. The Bertz CT molecular complexity index is 1010. The minimum absolute atomic E-state index is 0.00966. The first kappa shape index (κ1) is 23.4. The van der Waals surface area contributed by atoms with Crippen LogP contribution in [0.4, 0.5) is 20.2 Å². The number of aliphatic hydroxyl groups excluding tert-OH is 1. The number of carboxylic acids is 1. The van der Waals surface area contributed by atoms with Crippen molar-refractivity contribution >= 4 is 45.8 Å². The van der Waals surface area contributed by atoms with Gasteiger partial charge in [-0.25, -0.2) is 13.6 Å². The van der Waals surface area contributed by atoms with Crippen LogP contribution in [0.3, 0.4) is 0 Å². The van der Waals surface area contributed by atoms with Gasteiger partial charge in [-0.2, -0.15) is 0 Å². The summed E-state index contributed by atoms with van der Waals surface area (Å²) < 4.78 is 30.8. The zero-order valence-corrected chi connectivity index (χ0v) is 18.9. The molecule has 0 radical (unpaired) electrons. The first-order valence-corrected chi connectivity index (χ1v) is 10.7. The first-order chi connectivity index (χ1) is 14.7. The van der Waals surface area contributed by atoms with Gasteiger partial charge in [-0.1, -0.05) is 0 Å². The van der Waals surface area contributed by atoms with E-state index in [1.165, 1.54) is 4.90 Å². The Balaban J connectivity index is 1.93. The maximum atomic E-state index is 15.0. The molecule has 0 aromatic heterocycles. The number of aromatic carboxylic acids is 1. The molecule has 1 amide bonds. The van der Waals surface area contributed by atoms with E-state index in [1.807, 2.05) is 11.0 Å². The smallest absolute Gasteiger partial charge is 0.337 e. The van der Waals surface area contributed by atoms with E-state index < -0.39 is 40.3 Å². The maximum absolute atomic E-state index is 15.0. The summed E-state index contributed by atoms with van der Waals surface area (Å²) in [7, 11) is 0. The average Bonchev–Trinajstić information content (AvgIpc) is 2.73. The number of β-amino-alcohol motifs (C(OH)–C–C–N with tert-alkyl or cyclic N) is 1. The molecule has 2 aromatic rings. The predicted octanol–water partition coefficient (Wildman–Crippen LogP) is 3.07. The normalized spacial score (nSPS) is 14.5. The van der Waals surface area contributed by atoms with E-state index in [2.05, 4.69) is 27.9 Å². The van der Waals surface area contributed by atoms with Crippen LogP contribution in [-0.2, 0) is 0 Å². The van der Waals surface area contributed by atoms with Gasteiger partial charge in [-0.3, -0.25) is 9.69 Å². The Hall–Kier alpha value is -2.31. The molecule has 31 heavy (non-hydrogen) atoms. The summed E-state index contributed by atoms with van der Waals surface area (Å²) in [6.45, 7) is 3.71. The van der Waals surface area contributed by atoms with Gasteiger partial charge in [-0.05, 0) is 59.3 Å². The van der Waals surface area contributed by atoms with Crippen LogP contribution < -0.4 is 5.32 Å². The highest BCUT2D eigenvalue weighted by molar-refractivity contribution is 14.1. The highest BCUT2D eigenvalue weighted by atomic mass is 127. The molecule has 1 saturated heterocycles. The SMILES string of the molecule is Cc1cc(I)ccc1Nc1c(C(=O)O)cc(C(=O)N2CCN(CCO)CC2)c(F)c1F. The summed E-state index contributed by atoms with van der Waals surface area (Å²) in [5.41, 5.74) is -0.516. The first-order valence-electron chi connectivity index (χ1n) is 9.64. The molecule has 0 saturated carbocycles. The van der Waals surface area contributed by atoms with Gasteiger partial charge >= 0.3 is 5.97 Å². The van der Waals surface area contributed by atoms with Gasteiger partial charge in [-0.15, -0.1) is 0 Å². The molecular weight excluding hydrogens is 523 g/mol. The van der Waals surface area contributed by atoms with E-state index in [1.54, 1.807) is 19.1 Å². The Labute approximate surface area is 191 Å². The van der Waals surface area contributed by atoms with E-state index >= 15 is 0 Å². The number of aryl methyl sites for hydroxylation is 1. The zero-order valence-electron chi connectivity index (χ0n) is 16.8. The standard InChI is InChI=1S/C21H22F2IN3O4/c1-12-10-13(24)2-3-16(12)25-19-15(21(30)31)11-14(17(22)18(19)23)20(29)27-6-4-26(5-7-27)8-9-28/h2-3,10-11,25,28H,4-9H2,1H3,(H,30,31). The van der Waals surface area contributed by atoms with Gasteiger partial charge in [0, 0.05) is 42.0 Å². The molecule has 3 rings (SSSR count). The lowest BCUT2D eigenvalue weighted by molar-refractivity contribution is 0.0609. The van der Waals surface area contributed by atoms with Crippen molar-refractivity contribution in [2.45, 2.75) is 6.92 Å². The number of benzene rings is 2. The van der Waals surface area contributed by atoms with Crippen LogP contribution in [0.5, 0.6) is 0 Å². The van der Waals surface area contributed by atoms with Crippen molar-refractivity contribution < 1.29 is 28.6 Å². The van der Waals surface area contributed by atoms with Gasteiger partial charge in [0.15, 0.2) is 11.6 Å². The number of carboxylic acid groups (broad SMARTS) is 1. The number of carbonyl (C=O) groups excluding carboxylic acids is 1. The summed E-state index contributed by atoms with van der Waals surface area (Å²) in [5, 5.41) is 21.3. The fourth-order valence-corrected chi connectivity index (χ4v) is 4.11. The topological polar surface area (TPSA) is 93.1 Å². The minimum Gasteiger partial charge on any atom is -0.478 e. The molecule has 1 aliphatic heterocycles. The van der Waals surface area contributed by atoms with Gasteiger partial charge in [0.2, 0.25) is 0 Å². The van der Waals surface area contributed by atoms with Gasteiger partial charge in [0.05, 0.1) is 23.4 Å². The monoisotopic (exact) mass is 545 g/mol. The lowest BCUT2D eigenvalue weighted by Crippen LogP contribution is -2.49. The average molecular weight is 545 g/mol. The van der Waals surface area contributed by atoms with Crippen LogP contribution in [0.15, 0.2) is 24.3 Å². The van der Waals surface area contributed by atoms with Crippen molar-refractivity contribution in [3.05, 3.63) is 56.2 Å². The summed E-state index contributed by atoms with van der Waals surface area (Å²) in [4.78, 5) is 27.9. The molecule has 0 unspecified atom stereocenters. The second-order valence-electron chi connectivity index (χ2n) is 7.22. The van der Waals surface area contributed by atoms with E-state index in [9.17, 15) is 23.5 Å². The molecular formula is C21H22F2IN3O4. The number of halogens is 3. The number of nitrogens with one attached hydrogen (secondary N) is 1. The van der Waals surface area contributed by atoms with Crippen molar-refractivity contribution in [2.75, 3.05) is 44.6 Å². The van der Waals surface area contributed by atoms with Crippen LogP contribution in [0, 0.1) is 22.1 Å². The number of piperazine rings is 1. The number of rotatable bonds is 6. The largest absolute Gasteiger partial charge is 0.478 e. The van der Waals surface area contributed by atoms with Crippen LogP contribution in [0.1, 0.15) is 26.3 Å². The maximum Gasteiger partial charge on any atom is 0.337 e. The summed E-state index contributed by atoms with van der Waals surface area (Å²) in [6, 6.07) is 6.09. The second-order valence-corrected chi connectivity index (χ2v) is 8.47. The molecule has 0 spiro atoms. The number of amides is 1. The third-order valence-corrected chi connectivity index (χ3v) is 5.86. The molecule has 1 heterocycles. The number of aliphatic hydroxyl groups is 1. The van der Waals surface area contributed by atoms with Crippen LogP contribution in [-0.4, -0.2) is 71.2 Å². The number of hydrogen-bond acceptors (Lipinski definition) is 5. The molecule has 3 N–H and O–H groups in total. The fraction of sp³-hybridized carbons (Fsp3) is 0.333. The van der Waals surface area contributed by atoms with Crippen molar-refractivity contribution in [1.29, 1.82) is 0 Å². The van der Waals surface area contributed by atoms with Crippen LogP contribution >= 0.6 is 22.6 Å². The number of nitrogens with zero attached hydrogens (tertiary/aromatic N) is 2. The quantitative estimate of drug-likeness (QED) is 0.484. The van der Waals surface area contributed by atoms with Gasteiger partial charge in [0.25, 0.3) is 5.91 Å². The van der Waals surface area contributed by atoms with Crippen LogP contribution in [0.2, 0.25) is 0 Å². The Kier molecular flexibility index (Phi) is 7.44. The number of carbonyl (C=O) groups is 2. The lowest BCUT2D eigenvalue weighted by Gasteiger charge is -2.34. The molecule has 166 valence electrons. The second kappa shape index (κ2) is 9.88. The van der Waals surface area contributed by atoms with E-state index in [-0.39, 0.29) is 19.7 Å². The van der Waals surface area contributed by atoms with Crippen molar-refractivity contribution in [1.82, 2.24) is 9.80 Å². The zero-order chi connectivity index (χ0) is 22.7. The summed E-state index contributed by atoms with van der Waals surface area (Å²) in [6.07, 6.45) is 0. The minimum atomic E-state index is -1.48. The summed E-state index contributed by atoms with van der Waals surface area (Å²) in [5.74, 6) is -5.05. The van der Waals surface area contributed by atoms with Crippen molar-refractivity contribution in [3.8, 4) is 0 Å². The highest BCUT2D eigenvalue weighted by Gasteiger charge is 2.29. The molecule has 1 fully saturated rings.